The van der Waals surface area contributed by atoms with Gasteiger partial charge in [0.1, 0.15) is 5.75 Å². The molecule has 1 unspecified atom stereocenters. The molecule has 1 saturated carbocycles. The second-order valence-corrected chi connectivity index (χ2v) is 6.08. The van der Waals surface area contributed by atoms with Crippen molar-refractivity contribution in [2.45, 2.75) is 58.4 Å². The molecular formula is C18H29NO. The van der Waals surface area contributed by atoms with E-state index in [0.29, 0.717) is 11.5 Å². The van der Waals surface area contributed by atoms with E-state index in [4.69, 9.17) is 4.74 Å². The summed E-state index contributed by atoms with van der Waals surface area (Å²) in [5.74, 6) is 0.944. The van der Waals surface area contributed by atoms with Gasteiger partial charge in [-0.3, -0.25) is 0 Å². The molecule has 2 rings (SSSR count). The Morgan fingerprint density at radius 3 is 2.30 bits per heavy atom. The van der Waals surface area contributed by atoms with E-state index in [-0.39, 0.29) is 0 Å². The number of hydrogen-bond acceptors (Lipinski definition) is 2. The summed E-state index contributed by atoms with van der Waals surface area (Å²) in [6, 6.07) is 9.15. The lowest BCUT2D eigenvalue weighted by Gasteiger charge is -2.38. The molecule has 1 N–H and O–H groups in total. The molecule has 0 aliphatic heterocycles. The topological polar surface area (TPSA) is 21.3 Å². The van der Waals surface area contributed by atoms with Crippen molar-refractivity contribution in [2.75, 3.05) is 13.7 Å². The zero-order valence-corrected chi connectivity index (χ0v) is 13.2. The lowest BCUT2D eigenvalue weighted by atomic mass is 9.73. The van der Waals surface area contributed by atoms with Gasteiger partial charge in [-0.05, 0) is 55.3 Å². The Labute approximate surface area is 123 Å². The van der Waals surface area contributed by atoms with Crippen molar-refractivity contribution < 1.29 is 4.74 Å². The van der Waals surface area contributed by atoms with Gasteiger partial charge in [0.05, 0.1) is 7.11 Å². The molecule has 1 aromatic rings. The highest BCUT2D eigenvalue weighted by Crippen LogP contribution is 2.50. The molecule has 0 saturated heterocycles. The number of benzene rings is 1. The molecule has 1 fully saturated rings. The van der Waals surface area contributed by atoms with Gasteiger partial charge < -0.3 is 10.1 Å². The normalized spacial score (nSPS) is 18.9. The molecule has 1 aliphatic carbocycles. The first-order valence-electron chi connectivity index (χ1n) is 8.13. The van der Waals surface area contributed by atoms with Crippen LogP contribution in [0.15, 0.2) is 24.3 Å². The first-order valence-corrected chi connectivity index (χ1v) is 8.13. The summed E-state index contributed by atoms with van der Waals surface area (Å²) >= 11 is 0. The molecule has 1 aliphatic rings. The van der Waals surface area contributed by atoms with E-state index in [1.807, 2.05) is 0 Å². The van der Waals surface area contributed by atoms with Crippen molar-refractivity contribution in [1.82, 2.24) is 5.32 Å². The standard InChI is InChI=1S/C18H29NO/c1-4-14-19-17(18(5-2)12-6-7-13-18)15-8-10-16(20-3)11-9-15/h8-11,17,19H,4-7,12-14H2,1-3H3. The smallest absolute Gasteiger partial charge is 0.118 e. The lowest BCUT2D eigenvalue weighted by Crippen LogP contribution is -2.36. The Bertz CT molecular complexity index is 392. The molecule has 1 atom stereocenters. The van der Waals surface area contributed by atoms with Gasteiger partial charge in [-0.25, -0.2) is 0 Å². The van der Waals surface area contributed by atoms with Crippen molar-refractivity contribution in [3.8, 4) is 5.75 Å². The largest absolute Gasteiger partial charge is 0.497 e. The molecule has 0 aromatic heterocycles. The Balaban J connectivity index is 2.25. The van der Waals surface area contributed by atoms with Crippen molar-refractivity contribution in [3.63, 3.8) is 0 Å². The fourth-order valence-corrected chi connectivity index (χ4v) is 3.70. The number of ether oxygens (including phenoxy) is 1. The second-order valence-electron chi connectivity index (χ2n) is 6.08. The van der Waals surface area contributed by atoms with Crippen LogP contribution in [0.5, 0.6) is 5.75 Å². The summed E-state index contributed by atoms with van der Waals surface area (Å²) in [4.78, 5) is 0. The minimum Gasteiger partial charge on any atom is -0.497 e. The van der Waals surface area contributed by atoms with Crippen LogP contribution in [0.25, 0.3) is 0 Å². The van der Waals surface area contributed by atoms with E-state index in [2.05, 4.69) is 43.4 Å². The molecule has 112 valence electrons. The molecule has 0 spiro atoms. The van der Waals surface area contributed by atoms with Crippen LogP contribution in [-0.4, -0.2) is 13.7 Å². The summed E-state index contributed by atoms with van der Waals surface area (Å²) in [5, 5.41) is 3.82. The van der Waals surface area contributed by atoms with Gasteiger partial charge in [0, 0.05) is 6.04 Å². The van der Waals surface area contributed by atoms with Gasteiger partial charge >= 0.3 is 0 Å². The highest BCUT2D eigenvalue weighted by molar-refractivity contribution is 5.30. The Morgan fingerprint density at radius 2 is 1.80 bits per heavy atom. The number of methoxy groups -OCH3 is 1. The number of nitrogens with one attached hydrogen (secondary N) is 1. The molecule has 20 heavy (non-hydrogen) atoms. The summed E-state index contributed by atoms with van der Waals surface area (Å²) in [5.41, 5.74) is 1.87. The first-order chi connectivity index (χ1) is 9.75. The van der Waals surface area contributed by atoms with E-state index in [1.165, 1.54) is 44.1 Å². The van der Waals surface area contributed by atoms with Crippen molar-refractivity contribution in [1.29, 1.82) is 0 Å². The summed E-state index contributed by atoms with van der Waals surface area (Å²) in [6.07, 6.45) is 7.93. The number of rotatable bonds is 7. The van der Waals surface area contributed by atoms with Gasteiger partial charge in [0.25, 0.3) is 0 Å². The van der Waals surface area contributed by atoms with E-state index < -0.39 is 0 Å². The summed E-state index contributed by atoms with van der Waals surface area (Å²) in [6.45, 7) is 5.69. The average molecular weight is 275 g/mol. The molecular weight excluding hydrogens is 246 g/mol. The SMILES string of the molecule is CCCNC(c1ccc(OC)cc1)C1(CC)CCCC1. The molecule has 0 amide bonds. The Hall–Kier alpha value is -1.02. The lowest BCUT2D eigenvalue weighted by molar-refractivity contribution is 0.187. The zero-order chi connectivity index (χ0) is 14.4. The predicted molar refractivity (Wildman–Crippen MR) is 85.2 cm³/mol. The van der Waals surface area contributed by atoms with Crippen LogP contribution >= 0.6 is 0 Å². The minimum absolute atomic E-state index is 0.448. The maximum atomic E-state index is 5.29. The maximum Gasteiger partial charge on any atom is 0.118 e. The quantitative estimate of drug-likeness (QED) is 0.778. The van der Waals surface area contributed by atoms with E-state index in [0.717, 1.165) is 12.3 Å². The maximum absolute atomic E-state index is 5.29. The van der Waals surface area contributed by atoms with Gasteiger partial charge in [0.15, 0.2) is 0 Å². The molecule has 2 heteroatoms. The third-order valence-corrected chi connectivity index (χ3v) is 4.96. The highest BCUT2D eigenvalue weighted by Gasteiger charge is 2.40. The highest BCUT2D eigenvalue weighted by atomic mass is 16.5. The van der Waals surface area contributed by atoms with Crippen LogP contribution in [-0.2, 0) is 0 Å². The molecule has 1 aromatic carbocycles. The molecule has 0 heterocycles. The minimum atomic E-state index is 0.448. The molecule has 2 nitrogen and oxygen atoms in total. The van der Waals surface area contributed by atoms with Crippen molar-refractivity contribution in [2.24, 2.45) is 5.41 Å². The fourth-order valence-electron chi connectivity index (χ4n) is 3.70. The Morgan fingerprint density at radius 1 is 1.15 bits per heavy atom. The van der Waals surface area contributed by atoms with Gasteiger partial charge in [-0.1, -0.05) is 38.8 Å². The third-order valence-electron chi connectivity index (χ3n) is 4.96. The first kappa shape index (κ1) is 15.4. The van der Waals surface area contributed by atoms with E-state index >= 15 is 0 Å². The van der Waals surface area contributed by atoms with Crippen molar-refractivity contribution >= 4 is 0 Å². The van der Waals surface area contributed by atoms with Crippen LogP contribution in [0.2, 0.25) is 0 Å². The average Bonchev–Trinajstić information content (AvgIpc) is 2.98. The van der Waals surface area contributed by atoms with Crippen LogP contribution in [0.3, 0.4) is 0 Å². The van der Waals surface area contributed by atoms with Crippen LogP contribution in [0.4, 0.5) is 0 Å². The molecule has 0 bridgehead atoms. The zero-order valence-electron chi connectivity index (χ0n) is 13.2. The van der Waals surface area contributed by atoms with Gasteiger partial charge in [0.2, 0.25) is 0 Å². The van der Waals surface area contributed by atoms with Crippen LogP contribution < -0.4 is 10.1 Å². The third kappa shape index (κ3) is 3.17. The van der Waals surface area contributed by atoms with Gasteiger partial charge in [-0.2, -0.15) is 0 Å². The Kier molecular flexibility index (Phi) is 5.47. The molecule has 0 radical (unpaired) electrons. The van der Waals surface area contributed by atoms with E-state index in [1.54, 1.807) is 7.11 Å². The van der Waals surface area contributed by atoms with Crippen LogP contribution in [0.1, 0.15) is 64.0 Å². The monoisotopic (exact) mass is 275 g/mol. The van der Waals surface area contributed by atoms with Crippen molar-refractivity contribution in [3.05, 3.63) is 29.8 Å². The van der Waals surface area contributed by atoms with Crippen LogP contribution in [0, 0.1) is 5.41 Å². The van der Waals surface area contributed by atoms with Gasteiger partial charge in [-0.15, -0.1) is 0 Å². The summed E-state index contributed by atoms with van der Waals surface area (Å²) in [7, 11) is 1.73. The number of hydrogen-bond donors (Lipinski definition) is 1. The second kappa shape index (κ2) is 7.12. The summed E-state index contributed by atoms with van der Waals surface area (Å²) < 4.78 is 5.29. The predicted octanol–water partition coefficient (Wildman–Crippen LogP) is 4.71. The van der Waals surface area contributed by atoms with E-state index in [9.17, 15) is 0 Å². The fraction of sp³-hybridized carbons (Fsp3) is 0.667.